The van der Waals surface area contributed by atoms with E-state index in [1.54, 1.807) is 0 Å². The molecule has 0 spiro atoms. The van der Waals surface area contributed by atoms with Gasteiger partial charge in [-0.3, -0.25) is 4.79 Å². The number of aromatic nitrogens is 2. The third-order valence-electron chi connectivity index (χ3n) is 3.88. The predicted octanol–water partition coefficient (Wildman–Crippen LogP) is 3.83. The van der Waals surface area contributed by atoms with Crippen LogP contribution < -0.4 is 10.2 Å². The summed E-state index contributed by atoms with van der Waals surface area (Å²) >= 11 is 0.859. The van der Waals surface area contributed by atoms with E-state index in [0.29, 0.717) is 5.69 Å². The van der Waals surface area contributed by atoms with Crippen LogP contribution in [0.15, 0.2) is 41.7 Å². The number of benzene rings is 1. The molecular weight excluding hydrogens is 365 g/mol. The molecule has 138 valence electrons. The normalized spacial score (nSPS) is 14.5. The number of carbonyl (C=O) groups excluding carboxylic acids is 1. The van der Waals surface area contributed by atoms with Gasteiger partial charge in [0.2, 0.25) is 5.91 Å². The maximum absolute atomic E-state index is 12.6. The van der Waals surface area contributed by atoms with Crippen LogP contribution in [0.1, 0.15) is 18.5 Å². The maximum atomic E-state index is 12.6. The molecule has 1 aromatic carbocycles. The Balaban J connectivity index is 1.52. The average molecular weight is 382 g/mol. The van der Waals surface area contributed by atoms with E-state index in [1.165, 1.54) is 12.8 Å². The molecule has 0 atom stereocenters. The lowest BCUT2D eigenvalue weighted by atomic mass is 10.2. The Kier molecular flexibility index (Phi) is 5.65. The van der Waals surface area contributed by atoms with Crippen molar-refractivity contribution in [2.45, 2.75) is 24.2 Å². The topological polar surface area (TPSA) is 58.1 Å². The number of hydrogen-bond acceptors (Lipinski definition) is 5. The number of halogens is 3. The molecule has 0 bridgehead atoms. The molecule has 9 heteroatoms. The lowest BCUT2D eigenvalue weighted by Gasteiger charge is -2.17. The standard InChI is InChI=1S/C17H17F3N4OS/c18-17(19,20)14-7-8-21-16(23-14)26-11-15(25)22-12-3-5-13(6-4-12)24-9-1-2-10-24/h3-8H,1-2,9-11H2,(H,22,25). The van der Waals surface area contributed by atoms with Gasteiger partial charge in [0.15, 0.2) is 5.16 Å². The van der Waals surface area contributed by atoms with Gasteiger partial charge in [-0.2, -0.15) is 13.2 Å². The molecule has 1 aliphatic heterocycles. The molecule has 5 nitrogen and oxygen atoms in total. The zero-order valence-corrected chi connectivity index (χ0v) is 14.6. The minimum Gasteiger partial charge on any atom is -0.372 e. The Morgan fingerprint density at radius 2 is 1.85 bits per heavy atom. The minimum absolute atomic E-state index is 0.0742. The summed E-state index contributed by atoms with van der Waals surface area (Å²) in [5, 5.41) is 2.63. The Hall–Kier alpha value is -2.29. The molecule has 0 aliphatic carbocycles. The third-order valence-corrected chi connectivity index (χ3v) is 4.74. The van der Waals surface area contributed by atoms with Crippen molar-refractivity contribution in [2.75, 3.05) is 29.1 Å². The van der Waals surface area contributed by atoms with Gasteiger partial charge in [0.05, 0.1) is 5.75 Å². The van der Waals surface area contributed by atoms with Gasteiger partial charge >= 0.3 is 6.18 Å². The van der Waals surface area contributed by atoms with Gasteiger partial charge in [0.1, 0.15) is 5.69 Å². The number of nitrogens with one attached hydrogen (secondary N) is 1. The van der Waals surface area contributed by atoms with E-state index < -0.39 is 11.9 Å². The summed E-state index contributed by atoms with van der Waals surface area (Å²) in [5.41, 5.74) is 0.739. The first-order chi connectivity index (χ1) is 12.4. The number of thioether (sulfide) groups is 1. The van der Waals surface area contributed by atoms with E-state index in [1.807, 2.05) is 24.3 Å². The van der Waals surface area contributed by atoms with E-state index in [2.05, 4.69) is 20.2 Å². The lowest BCUT2D eigenvalue weighted by Crippen LogP contribution is -2.18. The van der Waals surface area contributed by atoms with Crippen molar-refractivity contribution in [1.82, 2.24) is 9.97 Å². The van der Waals surface area contributed by atoms with Gasteiger partial charge in [-0.05, 0) is 43.2 Å². The fourth-order valence-electron chi connectivity index (χ4n) is 2.63. The molecule has 26 heavy (non-hydrogen) atoms. The highest BCUT2D eigenvalue weighted by Gasteiger charge is 2.32. The lowest BCUT2D eigenvalue weighted by molar-refractivity contribution is -0.141. The highest BCUT2D eigenvalue weighted by Crippen LogP contribution is 2.28. The van der Waals surface area contributed by atoms with Crippen LogP contribution in [0.5, 0.6) is 0 Å². The van der Waals surface area contributed by atoms with Gasteiger partial charge in [-0.1, -0.05) is 11.8 Å². The van der Waals surface area contributed by atoms with Gasteiger partial charge in [0, 0.05) is 30.7 Å². The van der Waals surface area contributed by atoms with Crippen molar-refractivity contribution in [2.24, 2.45) is 0 Å². The number of amides is 1. The second kappa shape index (κ2) is 7.94. The van der Waals surface area contributed by atoms with Crippen molar-refractivity contribution in [1.29, 1.82) is 0 Å². The molecule has 1 aliphatic rings. The van der Waals surface area contributed by atoms with Crippen LogP contribution in [0.2, 0.25) is 0 Å². The molecule has 2 aromatic rings. The Bertz CT molecular complexity index is 761. The highest BCUT2D eigenvalue weighted by molar-refractivity contribution is 7.99. The molecule has 1 amide bonds. The molecule has 0 unspecified atom stereocenters. The number of nitrogens with zero attached hydrogens (tertiary/aromatic N) is 3. The molecule has 1 saturated heterocycles. The first kappa shape index (κ1) is 18.5. The molecule has 3 rings (SSSR count). The van der Waals surface area contributed by atoms with Crippen molar-refractivity contribution in [3.63, 3.8) is 0 Å². The van der Waals surface area contributed by atoms with Gasteiger partial charge in [-0.25, -0.2) is 9.97 Å². The van der Waals surface area contributed by atoms with E-state index >= 15 is 0 Å². The van der Waals surface area contributed by atoms with Crippen molar-refractivity contribution in [3.05, 3.63) is 42.2 Å². The minimum atomic E-state index is -4.53. The van der Waals surface area contributed by atoms with E-state index in [0.717, 1.165) is 42.8 Å². The molecule has 0 radical (unpaired) electrons. The van der Waals surface area contributed by atoms with Crippen LogP contribution in [0.4, 0.5) is 24.5 Å². The van der Waals surface area contributed by atoms with Gasteiger partial charge in [-0.15, -0.1) is 0 Å². The molecular formula is C17H17F3N4OS. The van der Waals surface area contributed by atoms with Crippen molar-refractivity contribution < 1.29 is 18.0 Å². The van der Waals surface area contributed by atoms with Crippen LogP contribution in [0.25, 0.3) is 0 Å². The zero-order chi connectivity index (χ0) is 18.6. The number of hydrogen-bond donors (Lipinski definition) is 1. The number of carbonyl (C=O) groups is 1. The number of alkyl halides is 3. The quantitative estimate of drug-likeness (QED) is 0.629. The summed E-state index contributed by atoms with van der Waals surface area (Å²) in [4.78, 5) is 21.4. The fourth-order valence-corrected chi connectivity index (χ4v) is 3.26. The van der Waals surface area contributed by atoms with E-state index in [-0.39, 0.29) is 16.8 Å². The van der Waals surface area contributed by atoms with Gasteiger partial charge in [0.25, 0.3) is 0 Å². The van der Waals surface area contributed by atoms with Crippen LogP contribution >= 0.6 is 11.8 Å². The van der Waals surface area contributed by atoms with Crippen LogP contribution in [-0.2, 0) is 11.0 Å². The Labute approximate surface area is 153 Å². The van der Waals surface area contributed by atoms with Crippen LogP contribution in [-0.4, -0.2) is 34.7 Å². The highest BCUT2D eigenvalue weighted by atomic mass is 32.2. The fraction of sp³-hybridized carbons (Fsp3) is 0.353. The van der Waals surface area contributed by atoms with Crippen LogP contribution in [0.3, 0.4) is 0 Å². The first-order valence-electron chi connectivity index (χ1n) is 8.10. The first-order valence-corrected chi connectivity index (χ1v) is 9.08. The number of rotatable bonds is 5. The zero-order valence-electron chi connectivity index (χ0n) is 13.8. The maximum Gasteiger partial charge on any atom is 0.433 e. The molecule has 1 N–H and O–H groups in total. The van der Waals surface area contributed by atoms with E-state index in [4.69, 9.17) is 0 Å². The van der Waals surface area contributed by atoms with E-state index in [9.17, 15) is 18.0 Å². The third kappa shape index (κ3) is 4.87. The molecule has 1 fully saturated rings. The second-order valence-corrected chi connectivity index (χ2v) is 6.74. The molecule has 1 aromatic heterocycles. The average Bonchev–Trinajstić information content (AvgIpc) is 3.15. The number of anilines is 2. The van der Waals surface area contributed by atoms with Gasteiger partial charge < -0.3 is 10.2 Å². The van der Waals surface area contributed by atoms with Crippen LogP contribution in [0, 0.1) is 0 Å². The Morgan fingerprint density at radius 3 is 2.50 bits per heavy atom. The second-order valence-electron chi connectivity index (χ2n) is 5.80. The summed E-state index contributed by atoms with van der Waals surface area (Å²) in [6.07, 6.45) is -1.12. The summed E-state index contributed by atoms with van der Waals surface area (Å²) in [6.45, 7) is 2.08. The summed E-state index contributed by atoms with van der Waals surface area (Å²) in [5.74, 6) is -0.403. The van der Waals surface area contributed by atoms with Crippen molar-refractivity contribution >= 4 is 29.0 Å². The SMILES string of the molecule is O=C(CSc1nccc(C(F)(F)F)n1)Nc1ccc(N2CCCC2)cc1. The molecule has 0 saturated carbocycles. The Morgan fingerprint density at radius 1 is 1.15 bits per heavy atom. The predicted molar refractivity (Wildman–Crippen MR) is 94.3 cm³/mol. The monoisotopic (exact) mass is 382 g/mol. The smallest absolute Gasteiger partial charge is 0.372 e. The largest absolute Gasteiger partial charge is 0.433 e. The summed E-state index contributed by atoms with van der Waals surface area (Å²) < 4.78 is 37.8. The molecule has 2 heterocycles. The summed E-state index contributed by atoms with van der Waals surface area (Å²) in [6, 6.07) is 8.33. The van der Waals surface area contributed by atoms with Crippen molar-refractivity contribution in [3.8, 4) is 0 Å². The summed E-state index contributed by atoms with van der Waals surface area (Å²) in [7, 11) is 0.